The third-order valence-electron chi connectivity index (χ3n) is 3.81. The van der Waals surface area contributed by atoms with Crippen LogP contribution in [0, 0.1) is 5.41 Å². The average molecular weight is 283 g/mol. The monoisotopic (exact) mass is 283 g/mol. The van der Waals surface area contributed by atoms with Crippen molar-refractivity contribution in [3.8, 4) is 0 Å². The van der Waals surface area contributed by atoms with Gasteiger partial charge in [-0.25, -0.2) is 18.1 Å². The van der Waals surface area contributed by atoms with Crippen LogP contribution in [0.2, 0.25) is 0 Å². The number of aromatic nitrogens is 1. The van der Waals surface area contributed by atoms with Crippen LogP contribution in [0.3, 0.4) is 0 Å². The first-order valence-electron chi connectivity index (χ1n) is 6.63. The Kier molecular flexibility index (Phi) is 4.10. The maximum Gasteiger partial charge on any atom is 0.240 e. The summed E-state index contributed by atoms with van der Waals surface area (Å²) in [5, 5.41) is 0. The van der Waals surface area contributed by atoms with Crippen LogP contribution in [0.15, 0.2) is 23.2 Å². The topological polar surface area (TPSA) is 85.1 Å². The minimum atomic E-state index is -3.49. The highest BCUT2D eigenvalue weighted by Gasteiger charge is 2.28. The maximum absolute atomic E-state index is 12.2. The summed E-state index contributed by atoms with van der Waals surface area (Å²) in [5.41, 5.74) is 5.59. The van der Waals surface area contributed by atoms with Crippen LogP contribution in [0.1, 0.15) is 39.0 Å². The second-order valence-corrected chi connectivity index (χ2v) is 7.38. The first kappa shape index (κ1) is 14.3. The van der Waals surface area contributed by atoms with Crippen LogP contribution in [0.25, 0.3) is 0 Å². The average Bonchev–Trinajstić information content (AvgIpc) is 2.38. The molecule has 1 aromatic heterocycles. The van der Waals surface area contributed by atoms with E-state index in [4.69, 9.17) is 5.73 Å². The fraction of sp³-hybridized carbons (Fsp3) is 0.615. The van der Waals surface area contributed by atoms with E-state index in [1.807, 2.05) is 0 Å². The summed E-state index contributed by atoms with van der Waals surface area (Å²) in [6.45, 7) is 2.63. The molecule has 3 N–H and O–H groups in total. The molecule has 1 heterocycles. The van der Waals surface area contributed by atoms with Gasteiger partial charge < -0.3 is 5.73 Å². The normalized spacial score (nSPS) is 19.2. The molecule has 0 spiro atoms. The molecule has 2 rings (SSSR count). The zero-order valence-electron chi connectivity index (χ0n) is 11.2. The van der Waals surface area contributed by atoms with E-state index in [2.05, 4.69) is 16.6 Å². The summed E-state index contributed by atoms with van der Waals surface area (Å²) in [6.07, 6.45) is 7.18. The molecule has 6 heteroatoms. The summed E-state index contributed by atoms with van der Waals surface area (Å²) in [6, 6.07) is 2.84. The van der Waals surface area contributed by atoms with E-state index >= 15 is 0 Å². The van der Waals surface area contributed by atoms with Gasteiger partial charge in [-0.1, -0.05) is 26.2 Å². The predicted molar refractivity (Wildman–Crippen MR) is 75.0 cm³/mol. The molecule has 0 bridgehead atoms. The van der Waals surface area contributed by atoms with Crippen LogP contribution in [0.5, 0.6) is 0 Å². The van der Waals surface area contributed by atoms with Gasteiger partial charge in [0, 0.05) is 18.8 Å². The van der Waals surface area contributed by atoms with Gasteiger partial charge in [0.1, 0.15) is 5.82 Å². The lowest BCUT2D eigenvalue weighted by Gasteiger charge is -2.33. The van der Waals surface area contributed by atoms with E-state index in [9.17, 15) is 8.42 Å². The number of hydrogen-bond donors (Lipinski definition) is 2. The largest absolute Gasteiger partial charge is 0.384 e. The number of nitrogen functional groups attached to an aromatic ring is 1. The van der Waals surface area contributed by atoms with Crippen molar-refractivity contribution in [3.05, 3.63) is 18.3 Å². The molecular weight excluding hydrogens is 262 g/mol. The van der Waals surface area contributed by atoms with Crippen LogP contribution in [-0.2, 0) is 10.0 Å². The molecule has 1 saturated carbocycles. The van der Waals surface area contributed by atoms with Crippen molar-refractivity contribution < 1.29 is 8.42 Å². The lowest BCUT2D eigenvalue weighted by Crippen LogP contribution is -2.37. The van der Waals surface area contributed by atoms with Crippen molar-refractivity contribution in [1.82, 2.24) is 9.71 Å². The second-order valence-electron chi connectivity index (χ2n) is 5.61. The number of nitrogens with one attached hydrogen (secondary N) is 1. The van der Waals surface area contributed by atoms with Crippen LogP contribution in [0.4, 0.5) is 5.82 Å². The smallest absolute Gasteiger partial charge is 0.240 e. The molecule has 0 aliphatic heterocycles. The molecule has 1 fully saturated rings. The van der Waals surface area contributed by atoms with Gasteiger partial charge in [0.2, 0.25) is 10.0 Å². The van der Waals surface area contributed by atoms with E-state index < -0.39 is 10.0 Å². The fourth-order valence-corrected chi connectivity index (χ4v) is 3.75. The molecular formula is C13H21N3O2S. The summed E-state index contributed by atoms with van der Waals surface area (Å²) in [5.74, 6) is 0.215. The zero-order chi connectivity index (χ0) is 13.9. The Balaban J connectivity index is 2.05. The Morgan fingerprint density at radius 2 is 2.05 bits per heavy atom. The van der Waals surface area contributed by atoms with Crippen LogP contribution >= 0.6 is 0 Å². The Morgan fingerprint density at radius 3 is 2.68 bits per heavy atom. The molecule has 19 heavy (non-hydrogen) atoms. The molecule has 0 amide bonds. The lowest BCUT2D eigenvalue weighted by atomic mass is 9.76. The SMILES string of the molecule is CC1(CNS(=O)(=O)c2ccnc(N)c2)CCCCC1. The van der Waals surface area contributed by atoms with Crippen LogP contribution < -0.4 is 10.5 Å². The van der Waals surface area contributed by atoms with Gasteiger partial charge >= 0.3 is 0 Å². The summed E-state index contributed by atoms with van der Waals surface area (Å²) in [7, 11) is -3.49. The molecule has 1 aliphatic rings. The Hall–Kier alpha value is -1.14. The van der Waals surface area contributed by atoms with Gasteiger partial charge in [-0.2, -0.15) is 0 Å². The van der Waals surface area contributed by atoms with Crippen molar-refractivity contribution in [1.29, 1.82) is 0 Å². The number of nitrogens with two attached hydrogens (primary N) is 1. The van der Waals surface area contributed by atoms with Crippen molar-refractivity contribution in [2.24, 2.45) is 5.41 Å². The number of pyridine rings is 1. The van der Waals surface area contributed by atoms with E-state index in [-0.39, 0.29) is 16.1 Å². The lowest BCUT2D eigenvalue weighted by molar-refractivity contribution is 0.219. The van der Waals surface area contributed by atoms with Crippen molar-refractivity contribution in [3.63, 3.8) is 0 Å². The van der Waals surface area contributed by atoms with E-state index in [0.717, 1.165) is 12.8 Å². The minimum Gasteiger partial charge on any atom is -0.384 e. The molecule has 1 aliphatic carbocycles. The molecule has 106 valence electrons. The van der Waals surface area contributed by atoms with E-state index in [0.29, 0.717) is 6.54 Å². The summed E-state index contributed by atoms with van der Waals surface area (Å²) < 4.78 is 27.1. The Labute approximate surface area is 114 Å². The quantitative estimate of drug-likeness (QED) is 0.884. The highest BCUT2D eigenvalue weighted by Crippen LogP contribution is 2.35. The highest BCUT2D eigenvalue weighted by molar-refractivity contribution is 7.89. The molecule has 0 atom stereocenters. The molecule has 5 nitrogen and oxygen atoms in total. The first-order valence-corrected chi connectivity index (χ1v) is 8.11. The maximum atomic E-state index is 12.2. The van der Waals surface area contributed by atoms with Crippen LogP contribution in [-0.4, -0.2) is 19.9 Å². The Bertz CT molecular complexity index is 537. The number of anilines is 1. The second kappa shape index (κ2) is 5.46. The van der Waals surface area contributed by atoms with Gasteiger partial charge in [-0.15, -0.1) is 0 Å². The van der Waals surface area contributed by atoms with Crippen molar-refractivity contribution in [2.75, 3.05) is 12.3 Å². The predicted octanol–water partition coefficient (Wildman–Crippen LogP) is 1.91. The third-order valence-corrected chi connectivity index (χ3v) is 5.21. The minimum absolute atomic E-state index is 0.0733. The molecule has 0 unspecified atom stereocenters. The number of nitrogens with zero attached hydrogens (tertiary/aromatic N) is 1. The third kappa shape index (κ3) is 3.67. The van der Waals surface area contributed by atoms with Gasteiger partial charge in [0.05, 0.1) is 4.90 Å². The van der Waals surface area contributed by atoms with Gasteiger partial charge in [-0.3, -0.25) is 0 Å². The summed E-state index contributed by atoms with van der Waals surface area (Å²) in [4.78, 5) is 3.98. The van der Waals surface area contributed by atoms with Crippen molar-refractivity contribution >= 4 is 15.8 Å². The standard InChI is InChI=1S/C13H21N3O2S/c1-13(6-3-2-4-7-13)10-16-19(17,18)11-5-8-15-12(14)9-11/h5,8-9,16H,2-4,6-7,10H2,1H3,(H2,14,15). The van der Waals surface area contributed by atoms with Crippen molar-refractivity contribution in [2.45, 2.75) is 43.9 Å². The van der Waals surface area contributed by atoms with Gasteiger partial charge in [0.25, 0.3) is 0 Å². The number of sulfonamides is 1. The highest BCUT2D eigenvalue weighted by atomic mass is 32.2. The first-order chi connectivity index (χ1) is 8.91. The molecule has 1 aromatic rings. The molecule has 0 saturated heterocycles. The van der Waals surface area contributed by atoms with E-state index in [1.54, 1.807) is 0 Å². The Morgan fingerprint density at radius 1 is 1.37 bits per heavy atom. The fourth-order valence-electron chi connectivity index (χ4n) is 2.53. The molecule has 0 aromatic carbocycles. The van der Waals surface area contributed by atoms with E-state index in [1.165, 1.54) is 37.6 Å². The number of rotatable bonds is 4. The van der Waals surface area contributed by atoms with Gasteiger partial charge in [0.15, 0.2) is 0 Å². The molecule has 0 radical (unpaired) electrons. The summed E-state index contributed by atoms with van der Waals surface area (Å²) >= 11 is 0. The number of hydrogen-bond acceptors (Lipinski definition) is 4. The van der Waals surface area contributed by atoms with Gasteiger partial charge in [-0.05, 0) is 24.3 Å². The zero-order valence-corrected chi connectivity index (χ0v) is 12.0.